The maximum absolute atomic E-state index is 11.6. The van der Waals surface area contributed by atoms with Crippen LogP contribution in [0.25, 0.3) is 0 Å². The number of nitro groups is 1. The molecular formula is C11H8N2O6. The standard InChI is InChI=1S/C11H8N2O6/c14-8-4-5-9(15)12(8)7-3-1-2-6(11(16)17)10(7)13(18)19/h1-3H,4-5H2,(H,16,17). The van der Waals surface area contributed by atoms with E-state index in [0.29, 0.717) is 4.90 Å². The van der Waals surface area contributed by atoms with Crippen LogP contribution in [0.1, 0.15) is 23.2 Å². The highest BCUT2D eigenvalue weighted by Gasteiger charge is 2.37. The van der Waals surface area contributed by atoms with Crippen molar-refractivity contribution in [3.63, 3.8) is 0 Å². The van der Waals surface area contributed by atoms with Gasteiger partial charge in [-0.1, -0.05) is 6.07 Å². The van der Waals surface area contributed by atoms with E-state index in [-0.39, 0.29) is 18.5 Å². The molecular weight excluding hydrogens is 256 g/mol. The van der Waals surface area contributed by atoms with Gasteiger partial charge in [-0.3, -0.25) is 19.7 Å². The molecule has 1 N–H and O–H groups in total. The van der Waals surface area contributed by atoms with E-state index in [1.54, 1.807) is 0 Å². The molecule has 0 atom stereocenters. The number of aromatic carboxylic acids is 1. The number of anilines is 1. The Morgan fingerprint density at radius 1 is 1.26 bits per heavy atom. The molecule has 0 bridgehead atoms. The summed E-state index contributed by atoms with van der Waals surface area (Å²) >= 11 is 0. The van der Waals surface area contributed by atoms with Crippen molar-refractivity contribution in [3.05, 3.63) is 33.9 Å². The van der Waals surface area contributed by atoms with Gasteiger partial charge in [0.15, 0.2) is 0 Å². The average Bonchev–Trinajstić information content (AvgIpc) is 2.67. The number of benzene rings is 1. The van der Waals surface area contributed by atoms with E-state index in [1.807, 2.05) is 0 Å². The normalized spacial score (nSPS) is 14.8. The zero-order chi connectivity index (χ0) is 14.2. The van der Waals surface area contributed by atoms with E-state index in [1.165, 1.54) is 12.1 Å². The zero-order valence-electron chi connectivity index (χ0n) is 9.53. The second-order valence-corrected chi connectivity index (χ2v) is 3.86. The third-order valence-corrected chi connectivity index (χ3v) is 2.72. The van der Waals surface area contributed by atoms with Gasteiger partial charge in [0.05, 0.1) is 4.92 Å². The molecule has 2 rings (SSSR count). The summed E-state index contributed by atoms with van der Waals surface area (Å²) in [5, 5.41) is 19.9. The van der Waals surface area contributed by atoms with E-state index < -0.39 is 34.0 Å². The molecule has 0 radical (unpaired) electrons. The zero-order valence-corrected chi connectivity index (χ0v) is 9.53. The molecule has 0 aromatic heterocycles. The number of carbonyl (C=O) groups is 3. The van der Waals surface area contributed by atoms with Crippen LogP contribution in [-0.2, 0) is 9.59 Å². The quantitative estimate of drug-likeness (QED) is 0.493. The highest BCUT2D eigenvalue weighted by Crippen LogP contribution is 2.34. The van der Waals surface area contributed by atoms with Gasteiger partial charge in [-0.25, -0.2) is 9.69 Å². The molecule has 1 aromatic carbocycles. The predicted molar refractivity (Wildman–Crippen MR) is 61.8 cm³/mol. The maximum Gasteiger partial charge on any atom is 0.342 e. The number of carboxylic acids is 1. The number of para-hydroxylation sites is 1. The van der Waals surface area contributed by atoms with E-state index in [4.69, 9.17) is 5.11 Å². The van der Waals surface area contributed by atoms with Crippen LogP contribution < -0.4 is 4.90 Å². The summed E-state index contributed by atoms with van der Waals surface area (Å²) < 4.78 is 0. The van der Waals surface area contributed by atoms with Crippen LogP contribution in [0.2, 0.25) is 0 Å². The summed E-state index contributed by atoms with van der Waals surface area (Å²) in [5.41, 5.74) is -1.61. The number of imide groups is 1. The van der Waals surface area contributed by atoms with Crippen molar-refractivity contribution in [3.8, 4) is 0 Å². The minimum atomic E-state index is -1.49. The summed E-state index contributed by atoms with van der Waals surface area (Å²) in [6.07, 6.45) is -0.0689. The minimum Gasteiger partial charge on any atom is -0.477 e. The van der Waals surface area contributed by atoms with Crippen LogP contribution in [0.4, 0.5) is 11.4 Å². The predicted octanol–water partition coefficient (Wildman–Crippen LogP) is 0.946. The largest absolute Gasteiger partial charge is 0.477 e. The Balaban J connectivity index is 2.67. The number of amides is 2. The van der Waals surface area contributed by atoms with Crippen molar-refractivity contribution >= 4 is 29.2 Å². The van der Waals surface area contributed by atoms with Gasteiger partial charge in [-0.05, 0) is 12.1 Å². The number of carbonyl (C=O) groups excluding carboxylic acids is 2. The minimum absolute atomic E-state index is 0.0344. The molecule has 1 aliphatic rings. The van der Waals surface area contributed by atoms with E-state index >= 15 is 0 Å². The number of hydrogen-bond donors (Lipinski definition) is 1. The molecule has 0 unspecified atom stereocenters. The molecule has 8 heteroatoms. The number of hydrogen-bond acceptors (Lipinski definition) is 5. The Kier molecular flexibility index (Phi) is 2.99. The fourth-order valence-electron chi connectivity index (χ4n) is 1.92. The average molecular weight is 264 g/mol. The lowest BCUT2D eigenvalue weighted by Gasteiger charge is -2.14. The van der Waals surface area contributed by atoms with Gasteiger partial charge in [0, 0.05) is 12.8 Å². The second-order valence-electron chi connectivity index (χ2n) is 3.86. The molecule has 0 saturated carbocycles. The molecule has 0 aliphatic carbocycles. The van der Waals surface area contributed by atoms with Gasteiger partial charge in [-0.15, -0.1) is 0 Å². The highest BCUT2D eigenvalue weighted by atomic mass is 16.6. The molecule has 98 valence electrons. The van der Waals surface area contributed by atoms with Gasteiger partial charge in [-0.2, -0.15) is 0 Å². The SMILES string of the molecule is O=C(O)c1cccc(N2C(=O)CCC2=O)c1[N+](=O)[O-]. The van der Waals surface area contributed by atoms with Crippen molar-refractivity contribution in [2.75, 3.05) is 4.90 Å². The van der Waals surface area contributed by atoms with Crippen LogP contribution in [0, 0.1) is 10.1 Å². The van der Waals surface area contributed by atoms with Crippen molar-refractivity contribution in [2.45, 2.75) is 12.8 Å². The molecule has 1 aliphatic heterocycles. The van der Waals surface area contributed by atoms with Crippen LogP contribution in [0.3, 0.4) is 0 Å². The Labute approximate surface area is 106 Å². The van der Waals surface area contributed by atoms with E-state index in [9.17, 15) is 24.5 Å². The van der Waals surface area contributed by atoms with Crippen LogP contribution in [-0.4, -0.2) is 27.8 Å². The van der Waals surface area contributed by atoms with Gasteiger partial charge in [0.25, 0.3) is 0 Å². The van der Waals surface area contributed by atoms with E-state index in [2.05, 4.69) is 0 Å². The summed E-state index contributed by atoms with van der Waals surface area (Å²) in [7, 11) is 0. The Morgan fingerprint density at radius 3 is 2.32 bits per heavy atom. The number of rotatable bonds is 3. The monoisotopic (exact) mass is 264 g/mol. The summed E-state index contributed by atoms with van der Waals surface area (Å²) in [6, 6.07) is 3.49. The third-order valence-electron chi connectivity index (χ3n) is 2.72. The topological polar surface area (TPSA) is 118 Å². The lowest BCUT2D eigenvalue weighted by molar-refractivity contribution is -0.384. The summed E-state index contributed by atoms with van der Waals surface area (Å²) in [5.74, 6) is -2.64. The lowest BCUT2D eigenvalue weighted by atomic mass is 10.1. The van der Waals surface area contributed by atoms with Gasteiger partial charge in [0.2, 0.25) is 11.8 Å². The van der Waals surface area contributed by atoms with Gasteiger partial charge < -0.3 is 5.11 Å². The third kappa shape index (κ3) is 2.03. The molecule has 1 aromatic rings. The van der Waals surface area contributed by atoms with Crippen molar-refractivity contribution in [1.29, 1.82) is 0 Å². The molecule has 1 fully saturated rings. The second kappa shape index (κ2) is 4.48. The fourth-order valence-corrected chi connectivity index (χ4v) is 1.92. The first kappa shape index (κ1) is 12.7. The fraction of sp³-hybridized carbons (Fsp3) is 0.182. The Bertz CT molecular complexity index is 593. The summed E-state index contributed by atoms with van der Waals surface area (Å²) in [4.78, 5) is 44.9. The molecule has 8 nitrogen and oxygen atoms in total. The maximum atomic E-state index is 11.6. The molecule has 1 heterocycles. The van der Waals surface area contributed by atoms with Crippen molar-refractivity contribution in [2.24, 2.45) is 0 Å². The lowest BCUT2D eigenvalue weighted by Crippen LogP contribution is -2.29. The number of nitrogens with zero attached hydrogens (tertiary/aromatic N) is 2. The van der Waals surface area contributed by atoms with Crippen LogP contribution in [0.5, 0.6) is 0 Å². The number of carboxylic acid groups (broad SMARTS) is 1. The first-order valence-electron chi connectivity index (χ1n) is 5.30. The number of nitro benzene ring substituents is 1. The first-order chi connectivity index (χ1) is 8.93. The molecule has 0 spiro atoms. The van der Waals surface area contributed by atoms with Crippen molar-refractivity contribution < 1.29 is 24.4 Å². The highest BCUT2D eigenvalue weighted by molar-refractivity contribution is 6.21. The summed E-state index contributed by atoms with van der Waals surface area (Å²) in [6.45, 7) is 0. The molecule has 2 amide bonds. The Morgan fingerprint density at radius 2 is 1.84 bits per heavy atom. The molecule has 1 saturated heterocycles. The van der Waals surface area contributed by atoms with Crippen LogP contribution >= 0.6 is 0 Å². The van der Waals surface area contributed by atoms with Gasteiger partial charge >= 0.3 is 11.7 Å². The van der Waals surface area contributed by atoms with Gasteiger partial charge in [0.1, 0.15) is 11.3 Å². The first-order valence-corrected chi connectivity index (χ1v) is 5.30. The molecule has 19 heavy (non-hydrogen) atoms. The smallest absolute Gasteiger partial charge is 0.342 e. The van der Waals surface area contributed by atoms with Crippen LogP contribution in [0.15, 0.2) is 18.2 Å². The van der Waals surface area contributed by atoms with E-state index in [0.717, 1.165) is 6.07 Å². The Hall–Kier alpha value is -2.77. The van der Waals surface area contributed by atoms with Crippen molar-refractivity contribution in [1.82, 2.24) is 0 Å².